The summed E-state index contributed by atoms with van der Waals surface area (Å²) >= 11 is 5.94. The van der Waals surface area contributed by atoms with Crippen LogP contribution in [0.5, 0.6) is 0 Å². The van der Waals surface area contributed by atoms with Crippen LogP contribution in [0.3, 0.4) is 0 Å². The largest absolute Gasteiger partial charge is 0.304 e. The monoisotopic (exact) mass is 517 g/mol. The molecule has 5 rings (SSSR count). The average molecular weight is 518 g/mol. The number of carbonyl (C=O) groups is 2. The summed E-state index contributed by atoms with van der Waals surface area (Å²) in [5.74, 6) is -4.58. The molecule has 178 valence electrons. The highest BCUT2D eigenvalue weighted by molar-refractivity contribution is 7.88. The third kappa shape index (κ3) is 3.41. The lowest BCUT2D eigenvalue weighted by Crippen LogP contribution is -2.52. The van der Waals surface area contributed by atoms with Gasteiger partial charge in [0.1, 0.15) is 5.75 Å². The molecule has 8 nitrogen and oxygen atoms in total. The van der Waals surface area contributed by atoms with Gasteiger partial charge < -0.3 is 4.90 Å². The second-order valence-corrected chi connectivity index (χ2v) is 9.94. The number of hydrogen-bond acceptors (Lipinski definition) is 5. The molecule has 1 spiro atoms. The first-order valence-electron chi connectivity index (χ1n) is 10.2. The molecule has 35 heavy (non-hydrogen) atoms. The van der Waals surface area contributed by atoms with Gasteiger partial charge in [0, 0.05) is 34.5 Å². The molecule has 1 saturated heterocycles. The zero-order chi connectivity index (χ0) is 25.1. The maximum absolute atomic E-state index is 14.1. The van der Waals surface area contributed by atoms with Gasteiger partial charge in [0.15, 0.2) is 11.6 Å². The van der Waals surface area contributed by atoms with Crippen molar-refractivity contribution >= 4 is 51.3 Å². The number of anilines is 2. The fourth-order valence-electron chi connectivity index (χ4n) is 4.43. The molecule has 2 atom stereocenters. The van der Waals surface area contributed by atoms with E-state index in [-0.39, 0.29) is 29.2 Å². The average Bonchev–Trinajstić information content (AvgIpc) is 3.22. The van der Waals surface area contributed by atoms with Crippen LogP contribution in [-0.2, 0) is 31.8 Å². The second-order valence-electron chi connectivity index (χ2n) is 7.94. The smallest absolute Gasteiger partial charge is 0.271 e. The molecule has 2 amide bonds. The highest BCUT2D eigenvalue weighted by Gasteiger charge is 2.65. The van der Waals surface area contributed by atoms with Gasteiger partial charge in [-0.1, -0.05) is 23.7 Å². The molecule has 3 aromatic rings. The van der Waals surface area contributed by atoms with Gasteiger partial charge in [-0.15, -0.1) is 0 Å². The third-order valence-corrected chi connectivity index (χ3v) is 7.94. The summed E-state index contributed by atoms with van der Waals surface area (Å²) < 4.78 is 41.2. The Morgan fingerprint density at radius 3 is 2.40 bits per heavy atom. The lowest BCUT2D eigenvalue weighted by Gasteiger charge is -2.32. The number of carbonyl (C=O) groups excluding carboxylic acids is 2. The van der Waals surface area contributed by atoms with E-state index in [4.69, 9.17) is 11.6 Å². The zero-order valence-corrected chi connectivity index (χ0v) is 19.2. The summed E-state index contributed by atoms with van der Waals surface area (Å²) in [6.07, 6.45) is 0. The highest BCUT2D eigenvalue weighted by Crippen LogP contribution is 2.52. The van der Waals surface area contributed by atoms with Crippen LogP contribution < -0.4 is 9.80 Å². The number of fused-ring (bicyclic) bond motifs is 2. The van der Waals surface area contributed by atoms with Crippen molar-refractivity contribution in [3.8, 4) is 0 Å². The van der Waals surface area contributed by atoms with Gasteiger partial charge in [0.05, 0.1) is 28.0 Å². The quantitative estimate of drug-likeness (QED) is 0.384. The van der Waals surface area contributed by atoms with E-state index in [1.807, 2.05) is 0 Å². The Kier molecular flexibility index (Phi) is 5.41. The van der Waals surface area contributed by atoms with Gasteiger partial charge >= 0.3 is 0 Å². The number of halogens is 3. The van der Waals surface area contributed by atoms with Crippen molar-refractivity contribution in [3.05, 3.63) is 98.6 Å². The minimum absolute atomic E-state index is 0.0143. The van der Waals surface area contributed by atoms with Crippen molar-refractivity contribution in [3.63, 3.8) is 0 Å². The highest BCUT2D eigenvalue weighted by atomic mass is 35.5. The maximum Gasteiger partial charge on any atom is 0.271 e. The Labute approximate surface area is 204 Å². The van der Waals surface area contributed by atoms with Crippen LogP contribution in [0.4, 0.5) is 25.8 Å². The molecule has 0 aliphatic carbocycles. The van der Waals surface area contributed by atoms with Crippen LogP contribution in [-0.4, -0.2) is 26.7 Å². The van der Waals surface area contributed by atoms with Gasteiger partial charge in [0.2, 0.25) is 10.8 Å². The molecule has 0 bridgehead atoms. The zero-order valence-electron chi connectivity index (χ0n) is 17.6. The summed E-state index contributed by atoms with van der Waals surface area (Å²) in [7, 11) is -2.20. The molecule has 0 N–H and O–H groups in total. The maximum atomic E-state index is 14.1. The van der Waals surface area contributed by atoms with Crippen molar-refractivity contribution in [1.82, 2.24) is 0 Å². The van der Waals surface area contributed by atoms with Crippen molar-refractivity contribution < 1.29 is 27.5 Å². The number of nitro benzene ring substituents is 1. The minimum atomic E-state index is -2.20. The number of rotatable bonds is 4. The molecular formula is C23H14ClF2N3O5S. The first-order chi connectivity index (χ1) is 16.6. The summed E-state index contributed by atoms with van der Waals surface area (Å²) in [6, 6.07) is 12.8. The summed E-state index contributed by atoms with van der Waals surface area (Å²) in [6.45, 7) is -0.0143. The Balaban J connectivity index is 1.74. The number of benzene rings is 3. The first kappa shape index (κ1) is 23.1. The van der Waals surface area contributed by atoms with E-state index in [0.717, 1.165) is 29.2 Å². The molecule has 0 aromatic heterocycles. The van der Waals surface area contributed by atoms with Crippen LogP contribution in [0.25, 0.3) is 0 Å². The first-order valence-corrected chi connectivity index (χ1v) is 11.9. The predicted octanol–water partition coefficient (Wildman–Crippen LogP) is 4.02. The molecule has 3 aromatic carbocycles. The van der Waals surface area contributed by atoms with Crippen LogP contribution in [0, 0.1) is 21.7 Å². The van der Waals surface area contributed by atoms with E-state index in [1.165, 1.54) is 17.0 Å². The Hall–Kier alpha value is -3.70. The lowest BCUT2D eigenvalue weighted by molar-refractivity contribution is -0.384. The topological polar surface area (TPSA) is 101 Å². The standard InChI is InChI=1S/C23H14ClF2N3O5S/c24-14-3-1-13(2-4-14)11-27-20-8-6-16(29(32)33)9-17(20)23(22(27)31)28(21(30)12-35(23)34)15-5-7-18(25)19(26)10-15/h1-10H,11-12H2. The number of hydrogen-bond donors (Lipinski definition) is 0. The van der Waals surface area contributed by atoms with Gasteiger partial charge in [-0.25, -0.2) is 8.78 Å². The molecule has 0 saturated carbocycles. The summed E-state index contributed by atoms with van der Waals surface area (Å²) in [4.78, 5) is 37.8. The van der Waals surface area contributed by atoms with E-state index in [2.05, 4.69) is 0 Å². The van der Waals surface area contributed by atoms with Crippen molar-refractivity contribution in [2.24, 2.45) is 0 Å². The number of nitrogens with zero attached hydrogens (tertiary/aromatic N) is 3. The minimum Gasteiger partial charge on any atom is -0.304 e. The van der Waals surface area contributed by atoms with Gasteiger partial charge in [0.25, 0.3) is 11.6 Å². The SMILES string of the molecule is O=C1CS(=O)C2(C(=O)N(Cc3ccc(Cl)cc3)c3ccc([N+](=O)[O-])cc32)N1c1ccc(F)c(F)c1. The van der Waals surface area contributed by atoms with E-state index in [0.29, 0.717) is 10.6 Å². The normalized spacial score (nSPS) is 21.2. The van der Waals surface area contributed by atoms with Gasteiger partial charge in [-0.3, -0.25) is 28.8 Å². The van der Waals surface area contributed by atoms with Crippen molar-refractivity contribution in [2.45, 2.75) is 11.4 Å². The summed E-state index contributed by atoms with van der Waals surface area (Å²) in [5, 5.41) is 12.0. The molecule has 0 radical (unpaired) electrons. The molecule has 1 fully saturated rings. The van der Waals surface area contributed by atoms with Crippen molar-refractivity contribution in [2.75, 3.05) is 15.6 Å². The number of nitro groups is 1. The van der Waals surface area contributed by atoms with E-state index < -0.39 is 49.8 Å². The molecule has 2 aliphatic heterocycles. The van der Waals surface area contributed by atoms with Crippen LogP contribution in [0.2, 0.25) is 5.02 Å². The van der Waals surface area contributed by atoms with Crippen LogP contribution in [0.1, 0.15) is 11.1 Å². The Morgan fingerprint density at radius 2 is 1.74 bits per heavy atom. The number of amides is 2. The van der Waals surface area contributed by atoms with E-state index >= 15 is 0 Å². The third-order valence-electron chi connectivity index (χ3n) is 5.95. The van der Waals surface area contributed by atoms with Crippen LogP contribution in [0.15, 0.2) is 60.7 Å². The van der Waals surface area contributed by atoms with Crippen molar-refractivity contribution in [1.29, 1.82) is 0 Å². The Bertz CT molecular complexity index is 1450. The Morgan fingerprint density at radius 1 is 1.03 bits per heavy atom. The fourth-order valence-corrected chi connectivity index (χ4v) is 6.24. The van der Waals surface area contributed by atoms with Crippen LogP contribution >= 0.6 is 11.6 Å². The lowest BCUT2D eigenvalue weighted by atomic mass is 10.0. The second kappa shape index (κ2) is 8.21. The number of non-ortho nitro benzene ring substituents is 1. The molecule has 12 heteroatoms. The summed E-state index contributed by atoms with van der Waals surface area (Å²) in [5.41, 5.74) is 0.258. The van der Waals surface area contributed by atoms with E-state index in [1.54, 1.807) is 24.3 Å². The molecule has 2 aliphatic rings. The van der Waals surface area contributed by atoms with Gasteiger partial charge in [-0.05, 0) is 35.9 Å². The fraction of sp³-hybridized carbons (Fsp3) is 0.130. The van der Waals surface area contributed by atoms with Gasteiger partial charge in [-0.2, -0.15) is 0 Å². The van der Waals surface area contributed by atoms with E-state index in [9.17, 15) is 32.7 Å². The predicted molar refractivity (Wildman–Crippen MR) is 124 cm³/mol. The molecule has 2 unspecified atom stereocenters. The molecular weight excluding hydrogens is 504 g/mol. The molecule has 2 heterocycles.